The first-order valence-electron chi connectivity index (χ1n) is 2.84. The van der Waals surface area contributed by atoms with Gasteiger partial charge in [0.1, 0.15) is 10.2 Å². The topological polar surface area (TPSA) is 70.2 Å². The first-order valence-corrected chi connectivity index (χ1v) is 4.01. The Labute approximate surface area is 80.3 Å². The van der Waals surface area contributed by atoms with Gasteiger partial charge in [-0.1, -0.05) is 11.6 Å². The maximum absolute atomic E-state index is 10.9. The van der Waals surface area contributed by atoms with Crippen LogP contribution in [0.25, 0.3) is 0 Å². The van der Waals surface area contributed by atoms with Gasteiger partial charge in [-0.05, 0) is 22.0 Å². The second-order valence-electron chi connectivity index (χ2n) is 1.98. The van der Waals surface area contributed by atoms with E-state index in [1.165, 1.54) is 0 Å². The highest BCUT2D eigenvalue weighted by molar-refractivity contribution is 9.10. The van der Waals surface area contributed by atoms with Crippen LogP contribution in [0.3, 0.4) is 0 Å². The maximum atomic E-state index is 10.9. The van der Waals surface area contributed by atoms with Crippen LogP contribution in [0.5, 0.6) is 0 Å². The van der Waals surface area contributed by atoms with E-state index in [1.54, 1.807) is 0 Å². The van der Waals surface area contributed by atoms with Crippen LogP contribution in [-0.4, -0.2) is 16.1 Å². The standard InChI is InChI=1S/C6H3BrClNO3/c7-4-3(8)1-2(6(11)12)5(10)9-4/h1H,(H,9,10)(H,11,12). The third-order valence-electron chi connectivity index (χ3n) is 1.18. The van der Waals surface area contributed by atoms with E-state index in [2.05, 4.69) is 20.9 Å². The second kappa shape index (κ2) is 3.28. The lowest BCUT2D eigenvalue weighted by Gasteiger charge is -1.96. The van der Waals surface area contributed by atoms with Crippen molar-refractivity contribution in [2.24, 2.45) is 0 Å². The molecule has 0 saturated heterocycles. The zero-order valence-electron chi connectivity index (χ0n) is 5.60. The highest BCUT2D eigenvalue weighted by atomic mass is 79.9. The number of aromatic carboxylic acids is 1. The van der Waals surface area contributed by atoms with E-state index in [-0.39, 0.29) is 15.2 Å². The predicted octanol–water partition coefficient (Wildman–Crippen LogP) is 1.49. The summed E-state index contributed by atoms with van der Waals surface area (Å²) in [5, 5.41) is 8.65. The Kier molecular flexibility index (Phi) is 2.54. The molecule has 12 heavy (non-hydrogen) atoms. The van der Waals surface area contributed by atoms with E-state index in [0.717, 1.165) is 6.07 Å². The molecule has 64 valence electrons. The molecule has 0 radical (unpaired) electrons. The zero-order valence-corrected chi connectivity index (χ0v) is 7.94. The number of aromatic nitrogens is 1. The predicted molar refractivity (Wildman–Crippen MR) is 46.7 cm³/mol. The van der Waals surface area contributed by atoms with E-state index in [1.807, 2.05) is 0 Å². The molecule has 1 aromatic heterocycles. The summed E-state index contributed by atoms with van der Waals surface area (Å²) in [6.45, 7) is 0. The number of aromatic amines is 1. The summed E-state index contributed by atoms with van der Waals surface area (Å²) in [4.78, 5) is 23.5. The van der Waals surface area contributed by atoms with Gasteiger partial charge in [-0.15, -0.1) is 0 Å². The summed E-state index contributed by atoms with van der Waals surface area (Å²) in [7, 11) is 0. The number of H-pyrrole nitrogens is 1. The van der Waals surface area contributed by atoms with Gasteiger partial charge in [0, 0.05) is 0 Å². The van der Waals surface area contributed by atoms with Crippen molar-refractivity contribution >= 4 is 33.5 Å². The van der Waals surface area contributed by atoms with Crippen molar-refractivity contribution in [3.8, 4) is 0 Å². The minimum atomic E-state index is -1.30. The minimum Gasteiger partial charge on any atom is -0.477 e. The lowest BCUT2D eigenvalue weighted by molar-refractivity contribution is 0.0695. The number of nitrogens with one attached hydrogen (secondary N) is 1. The van der Waals surface area contributed by atoms with Crippen LogP contribution in [0.1, 0.15) is 10.4 Å². The maximum Gasteiger partial charge on any atom is 0.341 e. The lowest BCUT2D eigenvalue weighted by atomic mass is 10.3. The van der Waals surface area contributed by atoms with Gasteiger partial charge in [-0.2, -0.15) is 0 Å². The molecule has 6 heteroatoms. The first-order chi connectivity index (χ1) is 5.52. The summed E-state index contributed by atoms with van der Waals surface area (Å²) in [5.74, 6) is -1.30. The smallest absolute Gasteiger partial charge is 0.341 e. The average molecular weight is 252 g/mol. The van der Waals surface area contributed by atoms with Crippen molar-refractivity contribution < 1.29 is 9.90 Å². The molecule has 1 rings (SSSR count). The summed E-state index contributed by atoms with van der Waals surface area (Å²) in [6.07, 6.45) is 0. The number of halogens is 2. The Bertz CT molecular complexity index is 387. The average Bonchev–Trinajstić information content (AvgIpc) is 1.96. The van der Waals surface area contributed by atoms with Gasteiger partial charge < -0.3 is 10.1 Å². The number of hydrogen-bond donors (Lipinski definition) is 2. The molecule has 4 nitrogen and oxygen atoms in total. The van der Waals surface area contributed by atoms with Crippen LogP contribution in [-0.2, 0) is 0 Å². The molecule has 2 N–H and O–H groups in total. The fraction of sp³-hybridized carbons (Fsp3) is 0. The van der Waals surface area contributed by atoms with Crippen molar-refractivity contribution in [1.29, 1.82) is 0 Å². The molecule has 0 bridgehead atoms. The quantitative estimate of drug-likeness (QED) is 0.744. The van der Waals surface area contributed by atoms with E-state index >= 15 is 0 Å². The van der Waals surface area contributed by atoms with Crippen molar-refractivity contribution in [3.63, 3.8) is 0 Å². The number of carboxylic acid groups (broad SMARTS) is 1. The van der Waals surface area contributed by atoms with E-state index < -0.39 is 11.5 Å². The summed E-state index contributed by atoms with van der Waals surface area (Å²) in [6, 6.07) is 1.09. The molecule has 0 fully saturated rings. The Morgan fingerprint density at radius 1 is 1.67 bits per heavy atom. The van der Waals surface area contributed by atoms with Gasteiger partial charge in [0.2, 0.25) is 0 Å². The number of pyridine rings is 1. The van der Waals surface area contributed by atoms with Crippen LogP contribution in [0.2, 0.25) is 5.02 Å². The fourth-order valence-electron chi connectivity index (χ4n) is 0.641. The van der Waals surface area contributed by atoms with E-state index in [4.69, 9.17) is 16.7 Å². The molecule has 0 unspecified atom stereocenters. The van der Waals surface area contributed by atoms with Crippen molar-refractivity contribution in [2.45, 2.75) is 0 Å². The number of hydrogen-bond acceptors (Lipinski definition) is 2. The molecule has 1 heterocycles. The van der Waals surface area contributed by atoms with Crippen molar-refractivity contribution in [3.05, 3.63) is 31.6 Å². The van der Waals surface area contributed by atoms with Crippen LogP contribution in [0.15, 0.2) is 15.5 Å². The van der Waals surface area contributed by atoms with Crippen molar-refractivity contribution in [2.75, 3.05) is 0 Å². The third kappa shape index (κ3) is 1.67. The van der Waals surface area contributed by atoms with Crippen LogP contribution in [0.4, 0.5) is 0 Å². The molecule has 0 aromatic carbocycles. The van der Waals surface area contributed by atoms with Gasteiger partial charge in [0.15, 0.2) is 0 Å². The molecule has 0 saturated carbocycles. The molecule has 0 atom stereocenters. The summed E-state index contributed by atoms with van der Waals surface area (Å²) < 4.78 is 0.277. The summed E-state index contributed by atoms with van der Waals surface area (Å²) >= 11 is 8.50. The molecule has 0 aliphatic carbocycles. The molecular formula is C6H3BrClNO3. The Morgan fingerprint density at radius 2 is 2.25 bits per heavy atom. The number of carboxylic acids is 1. The highest BCUT2D eigenvalue weighted by Crippen LogP contribution is 2.18. The van der Waals surface area contributed by atoms with Crippen LogP contribution < -0.4 is 5.56 Å². The Balaban J connectivity index is 3.43. The normalized spacial score (nSPS) is 9.83. The van der Waals surface area contributed by atoms with Gasteiger partial charge in [0.25, 0.3) is 5.56 Å². The number of carbonyl (C=O) groups is 1. The van der Waals surface area contributed by atoms with E-state index in [0.29, 0.717) is 0 Å². The molecule has 1 aromatic rings. The lowest BCUT2D eigenvalue weighted by Crippen LogP contribution is -2.17. The van der Waals surface area contributed by atoms with Gasteiger partial charge >= 0.3 is 5.97 Å². The molecular weight excluding hydrogens is 249 g/mol. The van der Waals surface area contributed by atoms with Crippen molar-refractivity contribution in [1.82, 2.24) is 4.98 Å². The zero-order chi connectivity index (χ0) is 9.30. The molecule has 0 aliphatic rings. The molecule has 0 aliphatic heterocycles. The highest BCUT2D eigenvalue weighted by Gasteiger charge is 2.10. The SMILES string of the molecule is O=C(O)c1cc(Cl)c(Br)[nH]c1=O. The Morgan fingerprint density at radius 3 is 2.75 bits per heavy atom. The fourth-order valence-corrected chi connectivity index (χ4v) is 1.09. The van der Waals surface area contributed by atoms with Gasteiger partial charge in [-0.25, -0.2) is 4.79 Å². The van der Waals surface area contributed by atoms with Gasteiger partial charge in [0.05, 0.1) is 5.02 Å². The first kappa shape index (κ1) is 9.28. The number of rotatable bonds is 1. The second-order valence-corrected chi connectivity index (χ2v) is 3.18. The summed E-state index contributed by atoms with van der Waals surface area (Å²) in [5.41, 5.74) is -1.05. The third-order valence-corrected chi connectivity index (χ3v) is 2.33. The monoisotopic (exact) mass is 251 g/mol. The minimum absolute atomic E-state index is 0.159. The Hall–Kier alpha value is -0.810. The van der Waals surface area contributed by atoms with Crippen LogP contribution in [0, 0.1) is 0 Å². The van der Waals surface area contributed by atoms with E-state index in [9.17, 15) is 9.59 Å². The molecule has 0 amide bonds. The van der Waals surface area contributed by atoms with Crippen LogP contribution >= 0.6 is 27.5 Å². The largest absolute Gasteiger partial charge is 0.477 e. The molecule has 0 spiro atoms. The van der Waals surface area contributed by atoms with Gasteiger partial charge in [-0.3, -0.25) is 4.79 Å².